The number of imidazole rings is 1. The smallest absolute Gasteiger partial charge is 0.409 e. The van der Waals surface area contributed by atoms with Gasteiger partial charge in [-0.05, 0) is 49.6 Å². The number of nitrogens with one attached hydrogen (secondary N) is 1. The molecule has 0 saturated carbocycles. The van der Waals surface area contributed by atoms with E-state index in [-0.39, 0.29) is 23.4 Å². The van der Waals surface area contributed by atoms with E-state index in [1.165, 1.54) is 19.2 Å². The molecule has 3 aromatic rings. The lowest BCUT2D eigenvalue weighted by atomic mass is 10.0. The van der Waals surface area contributed by atoms with Crippen LogP contribution in [0, 0.1) is 18.6 Å². The summed E-state index contributed by atoms with van der Waals surface area (Å²) in [6.45, 7) is 4.27. The van der Waals surface area contributed by atoms with Crippen molar-refractivity contribution < 1.29 is 27.8 Å². The van der Waals surface area contributed by atoms with Gasteiger partial charge in [0.25, 0.3) is 0 Å². The number of rotatable bonds is 5. The van der Waals surface area contributed by atoms with E-state index in [1.807, 2.05) is 29.7 Å². The summed E-state index contributed by atoms with van der Waals surface area (Å²) < 4.78 is 48.9. The first-order valence-electron chi connectivity index (χ1n) is 12.2. The average molecular weight is 501 g/mol. The minimum Gasteiger partial charge on any atom is -0.453 e. The zero-order chi connectivity index (χ0) is 25.2. The number of pyridine rings is 1. The molecule has 2 aromatic heterocycles. The normalized spacial score (nSPS) is 19.0. The summed E-state index contributed by atoms with van der Waals surface area (Å²) in [4.78, 5) is 18.2. The first-order valence-corrected chi connectivity index (χ1v) is 12.2. The van der Waals surface area contributed by atoms with Gasteiger partial charge in [-0.25, -0.2) is 18.6 Å². The predicted octanol–water partition coefficient (Wildman–Crippen LogP) is 4.19. The number of anilines is 1. The van der Waals surface area contributed by atoms with Gasteiger partial charge in [-0.2, -0.15) is 0 Å². The summed E-state index contributed by atoms with van der Waals surface area (Å²) >= 11 is 0. The molecular formula is C26H30F2N4O4. The van der Waals surface area contributed by atoms with Crippen LogP contribution in [0.5, 0.6) is 0 Å². The van der Waals surface area contributed by atoms with Gasteiger partial charge in [0.15, 0.2) is 0 Å². The lowest BCUT2D eigenvalue weighted by molar-refractivity contribution is -0.0241. The molecule has 1 aromatic carbocycles. The van der Waals surface area contributed by atoms with Crippen molar-refractivity contribution in [2.45, 2.75) is 38.3 Å². The SMILES string of the molecule is COC(=O)N1CCOC(Cc2c(-c3c(F)cc(NC4CCOCC4)cc3F)nc3cc(C)ccn23)C1. The molecule has 10 heteroatoms. The van der Waals surface area contributed by atoms with E-state index >= 15 is 8.78 Å². The number of hydrogen-bond donors (Lipinski definition) is 1. The van der Waals surface area contributed by atoms with Crippen molar-refractivity contribution in [3.8, 4) is 11.3 Å². The van der Waals surface area contributed by atoms with Gasteiger partial charge in [-0.1, -0.05) is 0 Å². The highest BCUT2D eigenvalue weighted by Gasteiger charge is 2.29. The Hall–Kier alpha value is -3.24. The van der Waals surface area contributed by atoms with E-state index < -0.39 is 17.7 Å². The molecule has 192 valence electrons. The fourth-order valence-electron chi connectivity index (χ4n) is 4.91. The van der Waals surface area contributed by atoms with Gasteiger partial charge in [0, 0.05) is 44.1 Å². The number of benzene rings is 1. The second-order valence-electron chi connectivity index (χ2n) is 9.30. The van der Waals surface area contributed by atoms with E-state index in [0.717, 1.165) is 18.4 Å². The predicted molar refractivity (Wildman–Crippen MR) is 130 cm³/mol. The third-order valence-electron chi connectivity index (χ3n) is 6.74. The number of carbonyl (C=O) groups excluding carboxylic acids is 1. The van der Waals surface area contributed by atoms with Crippen LogP contribution in [0.2, 0.25) is 0 Å². The number of ether oxygens (including phenoxy) is 3. The van der Waals surface area contributed by atoms with Crippen LogP contribution in [-0.4, -0.2) is 72.5 Å². The number of morpholine rings is 1. The maximum Gasteiger partial charge on any atom is 0.409 e. The van der Waals surface area contributed by atoms with Crippen LogP contribution in [0.15, 0.2) is 30.5 Å². The molecule has 2 fully saturated rings. The maximum absolute atomic E-state index is 15.5. The Morgan fingerprint density at radius 2 is 1.94 bits per heavy atom. The van der Waals surface area contributed by atoms with Crippen molar-refractivity contribution in [1.29, 1.82) is 0 Å². The van der Waals surface area contributed by atoms with Gasteiger partial charge in [0.2, 0.25) is 0 Å². The second-order valence-corrected chi connectivity index (χ2v) is 9.30. The molecule has 1 unspecified atom stereocenters. The molecule has 8 nitrogen and oxygen atoms in total. The second kappa shape index (κ2) is 10.4. The topological polar surface area (TPSA) is 77.3 Å². The Balaban J connectivity index is 1.50. The standard InChI is InChI=1S/C26H30F2N4O4/c1-16-3-6-32-22(14-19-15-31(7-10-36-19)26(33)34-2)25(30-23(32)11-16)24-20(27)12-18(13-21(24)28)29-17-4-8-35-9-5-17/h3,6,11-13,17,19,29H,4-5,7-10,14-15H2,1-2H3. The third kappa shape index (κ3) is 5.01. The Morgan fingerprint density at radius 3 is 2.67 bits per heavy atom. The highest BCUT2D eigenvalue weighted by Crippen LogP contribution is 2.33. The number of halogens is 2. The molecular weight excluding hydrogens is 470 g/mol. The minimum absolute atomic E-state index is 0.110. The number of aryl methyl sites for hydroxylation is 1. The van der Waals surface area contributed by atoms with Crippen molar-refractivity contribution in [1.82, 2.24) is 14.3 Å². The zero-order valence-electron chi connectivity index (χ0n) is 20.4. The highest BCUT2D eigenvalue weighted by atomic mass is 19.1. The van der Waals surface area contributed by atoms with Crippen LogP contribution in [0.25, 0.3) is 16.9 Å². The summed E-state index contributed by atoms with van der Waals surface area (Å²) in [6.07, 6.45) is 2.92. The van der Waals surface area contributed by atoms with Gasteiger partial charge in [-0.3, -0.25) is 0 Å². The van der Waals surface area contributed by atoms with Gasteiger partial charge < -0.3 is 28.8 Å². The number of carbonyl (C=O) groups is 1. The van der Waals surface area contributed by atoms with Crippen molar-refractivity contribution >= 4 is 17.4 Å². The Labute approximate surface area is 208 Å². The molecule has 1 N–H and O–H groups in total. The summed E-state index contributed by atoms with van der Waals surface area (Å²) in [6, 6.07) is 6.54. The Morgan fingerprint density at radius 1 is 1.19 bits per heavy atom. The fourth-order valence-corrected chi connectivity index (χ4v) is 4.91. The molecule has 2 aliphatic rings. The van der Waals surface area contributed by atoms with Crippen LogP contribution in [-0.2, 0) is 20.6 Å². The molecule has 5 rings (SSSR count). The summed E-state index contributed by atoms with van der Waals surface area (Å²) in [5.41, 5.74) is 2.63. The average Bonchev–Trinajstić information content (AvgIpc) is 3.20. The van der Waals surface area contributed by atoms with Crippen molar-refractivity contribution in [2.24, 2.45) is 0 Å². The number of hydrogen-bond acceptors (Lipinski definition) is 6. The highest BCUT2D eigenvalue weighted by molar-refractivity contribution is 5.71. The van der Waals surface area contributed by atoms with Crippen molar-refractivity contribution in [3.63, 3.8) is 0 Å². The largest absolute Gasteiger partial charge is 0.453 e. The summed E-state index contributed by atoms with van der Waals surface area (Å²) in [5, 5.41) is 3.22. The summed E-state index contributed by atoms with van der Waals surface area (Å²) in [7, 11) is 1.34. The van der Waals surface area contributed by atoms with Gasteiger partial charge in [0.1, 0.15) is 17.3 Å². The van der Waals surface area contributed by atoms with Gasteiger partial charge in [0.05, 0.1) is 43.3 Å². The van der Waals surface area contributed by atoms with E-state index in [1.54, 1.807) is 4.90 Å². The number of amides is 1. The molecule has 0 bridgehead atoms. The Kier molecular flexibility index (Phi) is 7.06. The van der Waals surface area contributed by atoms with Crippen molar-refractivity contribution in [3.05, 3.63) is 53.4 Å². The molecule has 2 aliphatic heterocycles. The molecule has 4 heterocycles. The van der Waals surface area contributed by atoms with Crippen LogP contribution < -0.4 is 5.32 Å². The van der Waals surface area contributed by atoms with Crippen LogP contribution in [0.4, 0.5) is 19.3 Å². The van der Waals surface area contributed by atoms with E-state index in [9.17, 15) is 4.79 Å². The molecule has 0 spiro atoms. The van der Waals surface area contributed by atoms with E-state index in [2.05, 4.69) is 10.3 Å². The summed E-state index contributed by atoms with van der Waals surface area (Å²) in [5.74, 6) is -1.38. The lowest BCUT2D eigenvalue weighted by Gasteiger charge is -2.32. The van der Waals surface area contributed by atoms with E-state index in [4.69, 9.17) is 14.2 Å². The minimum atomic E-state index is -0.688. The monoisotopic (exact) mass is 500 g/mol. The van der Waals surface area contributed by atoms with Crippen LogP contribution in [0.3, 0.4) is 0 Å². The number of methoxy groups -OCH3 is 1. The number of aromatic nitrogens is 2. The van der Waals surface area contributed by atoms with Gasteiger partial charge in [-0.15, -0.1) is 0 Å². The van der Waals surface area contributed by atoms with Gasteiger partial charge >= 0.3 is 6.09 Å². The van der Waals surface area contributed by atoms with E-state index in [0.29, 0.717) is 56.4 Å². The number of nitrogens with zero attached hydrogens (tertiary/aromatic N) is 3. The maximum atomic E-state index is 15.5. The van der Waals surface area contributed by atoms with Crippen molar-refractivity contribution in [2.75, 3.05) is 45.3 Å². The lowest BCUT2D eigenvalue weighted by Crippen LogP contribution is -2.46. The molecule has 0 radical (unpaired) electrons. The molecule has 0 aliphatic carbocycles. The molecule has 2 saturated heterocycles. The van der Waals surface area contributed by atoms with Crippen LogP contribution >= 0.6 is 0 Å². The fraction of sp³-hybridized carbons (Fsp3) is 0.462. The third-order valence-corrected chi connectivity index (χ3v) is 6.74. The quantitative estimate of drug-likeness (QED) is 0.566. The zero-order valence-corrected chi connectivity index (χ0v) is 20.4. The molecule has 1 amide bonds. The molecule has 36 heavy (non-hydrogen) atoms. The first kappa shape index (κ1) is 24.5. The first-order chi connectivity index (χ1) is 17.4. The Bertz CT molecular complexity index is 1240. The number of fused-ring (bicyclic) bond motifs is 1. The van der Waals surface area contributed by atoms with Crippen LogP contribution in [0.1, 0.15) is 24.1 Å². The molecule has 1 atom stereocenters.